The lowest BCUT2D eigenvalue weighted by Crippen LogP contribution is -2.37. The van der Waals surface area contributed by atoms with Crippen LogP contribution in [-0.2, 0) is 19.5 Å². The maximum Gasteiger partial charge on any atom is 0.191 e. The van der Waals surface area contributed by atoms with E-state index in [1.807, 2.05) is 0 Å². The van der Waals surface area contributed by atoms with Gasteiger partial charge in [0.2, 0.25) is 0 Å². The number of fused-ring (bicyclic) bond motifs is 1. The van der Waals surface area contributed by atoms with Crippen LogP contribution in [0.3, 0.4) is 0 Å². The van der Waals surface area contributed by atoms with Crippen molar-refractivity contribution in [1.82, 2.24) is 25.4 Å². The summed E-state index contributed by atoms with van der Waals surface area (Å²) >= 11 is 0. The summed E-state index contributed by atoms with van der Waals surface area (Å²) in [6.45, 7) is 10.1. The quantitative estimate of drug-likeness (QED) is 0.438. The number of aromatic nitrogens is 3. The zero-order chi connectivity index (χ0) is 15.8. The molecule has 1 aliphatic heterocycles. The fraction of sp³-hybridized carbons (Fsp3) is 0.812. The molecule has 1 aromatic rings. The Morgan fingerprint density at radius 3 is 2.91 bits per heavy atom. The Hall–Kier alpha value is -1.59. The predicted molar refractivity (Wildman–Crippen MR) is 89.9 cm³/mol. The van der Waals surface area contributed by atoms with Crippen LogP contribution in [0, 0.1) is 5.92 Å². The molecule has 0 aliphatic carbocycles. The SMILES string of the molecule is CCNC(=NCc1nnc2n1CCC2)NCCCCC(C)C. The summed E-state index contributed by atoms with van der Waals surface area (Å²) in [5.74, 6) is 3.75. The third-order valence-electron chi connectivity index (χ3n) is 3.91. The van der Waals surface area contributed by atoms with Crippen LogP contribution in [0.25, 0.3) is 0 Å². The number of unbranched alkanes of at least 4 members (excludes halogenated alkanes) is 1. The number of hydrogen-bond acceptors (Lipinski definition) is 3. The predicted octanol–water partition coefficient (Wildman–Crippen LogP) is 2.11. The summed E-state index contributed by atoms with van der Waals surface area (Å²) in [6, 6.07) is 0. The minimum Gasteiger partial charge on any atom is -0.357 e. The minimum absolute atomic E-state index is 0.592. The zero-order valence-electron chi connectivity index (χ0n) is 14.2. The molecule has 2 rings (SSSR count). The van der Waals surface area contributed by atoms with Crippen molar-refractivity contribution in [2.24, 2.45) is 10.9 Å². The molecule has 2 N–H and O–H groups in total. The number of rotatable bonds is 8. The Labute approximate surface area is 133 Å². The van der Waals surface area contributed by atoms with Gasteiger partial charge in [-0.1, -0.05) is 26.7 Å². The molecule has 1 aromatic heterocycles. The van der Waals surface area contributed by atoms with E-state index in [4.69, 9.17) is 0 Å². The first-order valence-electron chi connectivity index (χ1n) is 8.63. The second kappa shape index (κ2) is 8.76. The molecule has 0 atom stereocenters. The Kier molecular flexibility index (Phi) is 6.68. The van der Waals surface area contributed by atoms with E-state index < -0.39 is 0 Å². The first-order valence-corrected chi connectivity index (χ1v) is 8.63. The van der Waals surface area contributed by atoms with Gasteiger partial charge in [0.25, 0.3) is 0 Å². The first-order chi connectivity index (χ1) is 10.7. The molecule has 2 heterocycles. The topological polar surface area (TPSA) is 67.1 Å². The number of nitrogens with one attached hydrogen (secondary N) is 2. The standard InChI is InChI=1S/C16H30N6/c1-4-17-16(18-10-6-5-8-13(2)3)19-12-15-21-20-14-9-7-11-22(14)15/h13H,4-12H2,1-3H3,(H2,17,18,19). The van der Waals surface area contributed by atoms with Gasteiger partial charge in [-0.25, -0.2) is 4.99 Å². The zero-order valence-corrected chi connectivity index (χ0v) is 14.2. The van der Waals surface area contributed by atoms with E-state index >= 15 is 0 Å². The number of hydrogen-bond donors (Lipinski definition) is 2. The lowest BCUT2D eigenvalue weighted by Gasteiger charge is -2.11. The fourth-order valence-corrected chi connectivity index (χ4v) is 2.70. The fourth-order valence-electron chi connectivity index (χ4n) is 2.70. The Bertz CT molecular complexity index is 477. The molecular weight excluding hydrogens is 276 g/mol. The summed E-state index contributed by atoms with van der Waals surface area (Å²) in [5.41, 5.74) is 0. The van der Waals surface area contributed by atoms with Gasteiger partial charge in [-0.3, -0.25) is 0 Å². The second-order valence-corrected chi connectivity index (χ2v) is 6.30. The molecule has 6 heteroatoms. The Balaban J connectivity index is 1.79. The average Bonchev–Trinajstić information content (AvgIpc) is 3.07. The van der Waals surface area contributed by atoms with Gasteiger partial charge in [0.05, 0.1) is 0 Å². The summed E-state index contributed by atoms with van der Waals surface area (Å²) in [6.07, 6.45) is 5.96. The average molecular weight is 306 g/mol. The summed E-state index contributed by atoms with van der Waals surface area (Å²) < 4.78 is 2.20. The molecule has 0 bridgehead atoms. The monoisotopic (exact) mass is 306 g/mol. The van der Waals surface area contributed by atoms with Crippen LogP contribution in [0.2, 0.25) is 0 Å². The maximum absolute atomic E-state index is 4.64. The van der Waals surface area contributed by atoms with E-state index in [1.54, 1.807) is 0 Å². The van der Waals surface area contributed by atoms with Gasteiger partial charge in [0.15, 0.2) is 11.8 Å². The molecule has 0 fully saturated rings. The van der Waals surface area contributed by atoms with Crippen molar-refractivity contribution >= 4 is 5.96 Å². The largest absolute Gasteiger partial charge is 0.357 e. The van der Waals surface area contributed by atoms with Crippen molar-refractivity contribution in [1.29, 1.82) is 0 Å². The van der Waals surface area contributed by atoms with Gasteiger partial charge < -0.3 is 15.2 Å². The molecule has 0 spiro atoms. The molecule has 6 nitrogen and oxygen atoms in total. The highest BCUT2D eigenvalue weighted by molar-refractivity contribution is 5.79. The van der Waals surface area contributed by atoms with E-state index in [9.17, 15) is 0 Å². The molecule has 22 heavy (non-hydrogen) atoms. The van der Waals surface area contributed by atoms with Crippen LogP contribution in [0.4, 0.5) is 0 Å². The second-order valence-electron chi connectivity index (χ2n) is 6.30. The minimum atomic E-state index is 0.592. The molecule has 124 valence electrons. The van der Waals surface area contributed by atoms with Crippen molar-refractivity contribution in [3.63, 3.8) is 0 Å². The van der Waals surface area contributed by atoms with Crippen LogP contribution in [0.5, 0.6) is 0 Å². The third-order valence-corrected chi connectivity index (χ3v) is 3.91. The molecule has 0 radical (unpaired) electrons. The Morgan fingerprint density at radius 1 is 1.27 bits per heavy atom. The van der Waals surface area contributed by atoms with Gasteiger partial charge in [-0.2, -0.15) is 0 Å². The molecule has 1 aliphatic rings. The molecule has 0 aromatic carbocycles. The van der Waals surface area contributed by atoms with Crippen LogP contribution >= 0.6 is 0 Å². The van der Waals surface area contributed by atoms with E-state index in [1.165, 1.54) is 25.7 Å². The lowest BCUT2D eigenvalue weighted by atomic mass is 10.1. The summed E-state index contributed by atoms with van der Waals surface area (Å²) in [5, 5.41) is 15.2. The smallest absolute Gasteiger partial charge is 0.191 e. The van der Waals surface area contributed by atoms with Gasteiger partial charge >= 0.3 is 0 Å². The molecular formula is C16H30N6. The van der Waals surface area contributed by atoms with E-state index in [0.717, 1.165) is 49.6 Å². The van der Waals surface area contributed by atoms with Crippen molar-refractivity contribution in [2.45, 2.75) is 66.0 Å². The molecule has 0 amide bonds. The summed E-state index contributed by atoms with van der Waals surface area (Å²) in [7, 11) is 0. The van der Waals surface area contributed by atoms with Crippen molar-refractivity contribution in [2.75, 3.05) is 13.1 Å². The molecule has 0 unspecified atom stereocenters. The normalized spacial score (nSPS) is 14.5. The van der Waals surface area contributed by atoms with E-state index in [-0.39, 0.29) is 0 Å². The summed E-state index contributed by atoms with van der Waals surface area (Å²) in [4.78, 5) is 4.64. The number of guanidine groups is 1. The number of aliphatic imine (C=N–C) groups is 1. The lowest BCUT2D eigenvalue weighted by molar-refractivity contribution is 0.534. The van der Waals surface area contributed by atoms with E-state index in [0.29, 0.717) is 6.54 Å². The maximum atomic E-state index is 4.64. The van der Waals surface area contributed by atoms with Crippen LogP contribution in [0.1, 0.15) is 58.1 Å². The third kappa shape index (κ3) is 5.00. The van der Waals surface area contributed by atoms with Crippen molar-refractivity contribution < 1.29 is 0 Å². The van der Waals surface area contributed by atoms with E-state index in [2.05, 4.69) is 51.2 Å². The number of aryl methyl sites for hydroxylation is 1. The number of nitrogens with zero attached hydrogens (tertiary/aromatic N) is 4. The first kappa shape index (κ1) is 16.8. The Morgan fingerprint density at radius 2 is 2.14 bits per heavy atom. The van der Waals surface area contributed by atoms with Gasteiger partial charge in [0, 0.05) is 26.1 Å². The van der Waals surface area contributed by atoms with Crippen LogP contribution < -0.4 is 10.6 Å². The van der Waals surface area contributed by atoms with Crippen LogP contribution in [-0.4, -0.2) is 33.8 Å². The van der Waals surface area contributed by atoms with Gasteiger partial charge in [-0.05, 0) is 25.7 Å². The van der Waals surface area contributed by atoms with Crippen molar-refractivity contribution in [3.05, 3.63) is 11.6 Å². The van der Waals surface area contributed by atoms with Crippen LogP contribution in [0.15, 0.2) is 4.99 Å². The van der Waals surface area contributed by atoms with Crippen molar-refractivity contribution in [3.8, 4) is 0 Å². The highest BCUT2D eigenvalue weighted by Crippen LogP contribution is 2.14. The highest BCUT2D eigenvalue weighted by atomic mass is 15.3. The molecule has 0 saturated carbocycles. The van der Waals surface area contributed by atoms with Gasteiger partial charge in [-0.15, -0.1) is 10.2 Å². The molecule has 0 saturated heterocycles. The highest BCUT2D eigenvalue weighted by Gasteiger charge is 2.16. The van der Waals surface area contributed by atoms with Gasteiger partial charge in [0.1, 0.15) is 12.4 Å².